The second kappa shape index (κ2) is 6.52. The topological polar surface area (TPSA) is 57.7 Å². The van der Waals surface area contributed by atoms with Crippen molar-refractivity contribution in [1.29, 1.82) is 0 Å². The van der Waals surface area contributed by atoms with Crippen LogP contribution in [0.1, 0.15) is 6.42 Å². The molecule has 0 aromatic heterocycles. The molecule has 1 saturated heterocycles. The van der Waals surface area contributed by atoms with Crippen LogP contribution in [0.25, 0.3) is 0 Å². The molecule has 0 bridgehead atoms. The van der Waals surface area contributed by atoms with Crippen LogP contribution in [0.2, 0.25) is 0 Å². The van der Waals surface area contributed by atoms with Gasteiger partial charge < -0.3 is 4.90 Å². The van der Waals surface area contributed by atoms with Crippen LogP contribution >= 0.6 is 0 Å². The number of carbonyl (C=O) groups is 1. The van der Waals surface area contributed by atoms with Crippen molar-refractivity contribution >= 4 is 21.6 Å². The van der Waals surface area contributed by atoms with Crippen LogP contribution < -0.4 is 4.90 Å². The zero-order chi connectivity index (χ0) is 16.3. The fourth-order valence-corrected chi connectivity index (χ4v) is 4.12. The minimum atomic E-state index is -3.64. The highest BCUT2D eigenvalue weighted by atomic mass is 32.2. The van der Waals surface area contributed by atoms with Gasteiger partial charge in [-0.3, -0.25) is 4.79 Å². The Labute approximate surface area is 136 Å². The number of nitrogens with zero attached hydrogens (tertiary/aromatic N) is 2. The fourth-order valence-electron chi connectivity index (χ4n) is 2.67. The van der Waals surface area contributed by atoms with Gasteiger partial charge in [-0.1, -0.05) is 36.4 Å². The van der Waals surface area contributed by atoms with Crippen molar-refractivity contribution in [3.05, 3.63) is 60.7 Å². The smallest absolute Gasteiger partial charge is 0.243 e. The number of hydrogen-bond donors (Lipinski definition) is 0. The van der Waals surface area contributed by atoms with Gasteiger partial charge in [0.25, 0.3) is 0 Å². The summed E-state index contributed by atoms with van der Waals surface area (Å²) >= 11 is 0. The lowest BCUT2D eigenvalue weighted by Gasteiger charge is -2.21. The Balaban J connectivity index is 1.84. The second-order valence-electron chi connectivity index (χ2n) is 5.39. The van der Waals surface area contributed by atoms with Crippen molar-refractivity contribution in [3.63, 3.8) is 0 Å². The van der Waals surface area contributed by atoms with E-state index in [9.17, 15) is 13.2 Å². The van der Waals surface area contributed by atoms with Gasteiger partial charge in [0, 0.05) is 18.8 Å². The average Bonchev–Trinajstić information content (AvgIpc) is 2.78. The summed E-state index contributed by atoms with van der Waals surface area (Å²) in [6.45, 7) is 0.724. The Kier molecular flexibility index (Phi) is 4.45. The highest BCUT2D eigenvalue weighted by Crippen LogP contribution is 2.21. The summed E-state index contributed by atoms with van der Waals surface area (Å²) in [6.07, 6.45) is 0.604. The standard InChI is InChI=1S/C17H18N2O3S/c20-17-14-18(23(21,22)16-10-5-2-6-11-16)12-7-13-19(17)15-8-3-1-4-9-15/h1-6,8-11H,7,12-14H2. The number of carbonyl (C=O) groups excluding carboxylic acids is 1. The Morgan fingerprint density at radius 3 is 2.09 bits per heavy atom. The lowest BCUT2D eigenvalue weighted by Crippen LogP contribution is -2.39. The molecule has 1 aliphatic heterocycles. The van der Waals surface area contributed by atoms with E-state index in [-0.39, 0.29) is 17.3 Å². The van der Waals surface area contributed by atoms with Crippen LogP contribution in [0.3, 0.4) is 0 Å². The number of anilines is 1. The van der Waals surface area contributed by atoms with Crippen molar-refractivity contribution in [2.75, 3.05) is 24.5 Å². The SMILES string of the molecule is O=C1CN(S(=O)(=O)c2ccccc2)CCCN1c1ccccc1. The number of para-hydroxylation sites is 1. The fraction of sp³-hybridized carbons (Fsp3) is 0.235. The molecule has 1 amide bonds. The van der Waals surface area contributed by atoms with Gasteiger partial charge in [0.1, 0.15) is 0 Å². The van der Waals surface area contributed by atoms with E-state index in [4.69, 9.17) is 0 Å². The molecule has 1 aliphatic rings. The third-order valence-corrected chi connectivity index (χ3v) is 5.71. The van der Waals surface area contributed by atoms with Gasteiger partial charge in [-0.2, -0.15) is 4.31 Å². The van der Waals surface area contributed by atoms with Gasteiger partial charge in [-0.25, -0.2) is 8.42 Å². The maximum atomic E-state index is 12.7. The molecule has 0 aliphatic carbocycles. The van der Waals surface area contributed by atoms with Gasteiger partial charge in [0.15, 0.2) is 0 Å². The van der Waals surface area contributed by atoms with E-state index in [0.29, 0.717) is 19.5 Å². The monoisotopic (exact) mass is 330 g/mol. The van der Waals surface area contributed by atoms with Crippen molar-refractivity contribution in [1.82, 2.24) is 4.31 Å². The van der Waals surface area contributed by atoms with Crippen molar-refractivity contribution in [2.24, 2.45) is 0 Å². The quantitative estimate of drug-likeness (QED) is 0.866. The van der Waals surface area contributed by atoms with E-state index in [2.05, 4.69) is 0 Å². The largest absolute Gasteiger partial charge is 0.311 e. The second-order valence-corrected chi connectivity index (χ2v) is 7.32. The Morgan fingerprint density at radius 1 is 0.826 bits per heavy atom. The molecule has 23 heavy (non-hydrogen) atoms. The number of sulfonamides is 1. The van der Waals surface area contributed by atoms with Crippen molar-refractivity contribution < 1.29 is 13.2 Å². The van der Waals surface area contributed by atoms with Gasteiger partial charge in [0.05, 0.1) is 11.4 Å². The Morgan fingerprint density at radius 2 is 1.43 bits per heavy atom. The maximum Gasteiger partial charge on any atom is 0.243 e. The predicted octanol–water partition coefficient (Wildman–Crippen LogP) is 2.11. The molecular formula is C17H18N2O3S. The molecule has 0 spiro atoms. The molecule has 120 valence electrons. The van der Waals surface area contributed by atoms with Crippen LogP contribution in [-0.2, 0) is 14.8 Å². The van der Waals surface area contributed by atoms with Crippen molar-refractivity contribution in [3.8, 4) is 0 Å². The first-order valence-corrected chi connectivity index (χ1v) is 8.94. The molecule has 1 heterocycles. The van der Waals surface area contributed by atoms with E-state index < -0.39 is 10.0 Å². The molecule has 3 rings (SSSR count). The molecule has 0 saturated carbocycles. The molecule has 6 heteroatoms. The lowest BCUT2D eigenvalue weighted by molar-refractivity contribution is -0.118. The van der Waals surface area contributed by atoms with Crippen LogP contribution in [0, 0.1) is 0 Å². The van der Waals surface area contributed by atoms with Gasteiger partial charge in [-0.05, 0) is 30.7 Å². The molecule has 2 aromatic rings. The normalized spacial score (nSPS) is 17.0. The van der Waals surface area contributed by atoms with Gasteiger partial charge in [0.2, 0.25) is 15.9 Å². The van der Waals surface area contributed by atoms with E-state index in [1.54, 1.807) is 35.2 Å². The number of rotatable bonds is 3. The molecule has 2 aromatic carbocycles. The van der Waals surface area contributed by atoms with E-state index in [1.165, 1.54) is 4.31 Å². The minimum absolute atomic E-state index is 0.133. The highest BCUT2D eigenvalue weighted by Gasteiger charge is 2.31. The van der Waals surface area contributed by atoms with Crippen molar-refractivity contribution in [2.45, 2.75) is 11.3 Å². The Hall–Kier alpha value is -2.18. The van der Waals surface area contributed by atoms with E-state index in [0.717, 1.165) is 5.69 Å². The maximum absolute atomic E-state index is 12.7. The minimum Gasteiger partial charge on any atom is -0.311 e. The first kappa shape index (κ1) is 15.7. The van der Waals surface area contributed by atoms with E-state index in [1.807, 2.05) is 30.3 Å². The lowest BCUT2D eigenvalue weighted by atomic mass is 10.2. The molecule has 0 atom stereocenters. The molecule has 0 radical (unpaired) electrons. The molecule has 5 nitrogen and oxygen atoms in total. The molecule has 0 N–H and O–H groups in total. The third kappa shape index (κ3) is 3.28. The zero-order valence-electron chi connectivity index (χ0n) is 12.6. The van der Waals surface area contributed by atoms with E-state index >= 15 is 0 Å². The molecule has 1 fully saturated rings. The predicted molar refractivity (Wildman–Crippen MR) is 88.6 cm³/mol. The van der Waals surface area contributed by atoms with Crippen LogP contribution in [0.5, 0.6) is 0 Å². The van der Waals surface area contributed by atoms with Crippen LogP contribution in [0.15, 0.2) is 65.6 Å². The van der Waals surface area contributed by atoms with Crippen LogP contribution in [0.4, 0.5) is 5.69 Å². The first-order chi connectivity index (χ1) is 11.1. The number of amides is 1. The first-order valence-electron chi connectivity index (χ1n) is 7.49. The highest BCUT2D eigenvalue weighted by molar-refractivity contribution is 7.89. The average molecular weight is 330 g/mol. The summed E-state index contributed by atoms with van der Waals surface area (Å²) in [6, 6.07) is 17.6. The summed E-state index contributed by atoms with van der Waals surface area (Å²) in [5, 5.41) is 0. The molecule has 0 unspecified atom stereocenters. The van der Waals surface area contributed by atoms with Gasteiger partial charge >= 0.3 is 0 Å². The summed E-state index contributed by atoms with van der Waals surface area (Å²) in [5.41, 5.74) is 0.802. The third-order valence-electron chi connectivity index (χ3n) is 3.85. The zero-order valence-corrected chi connectivity index (χ0v) is 13.4. The summed E-state index contributed by atoms with van der Waals surface area (Å²) in [5.74, 6) is -0.201. The number of benzene rings is 2. The summed E-state index contributed by atoms with van der Waals surface area (Å²) in [4.78, 5) is 14.4. The number of hydrogen-bond acceptors (Lipinski definition) is 3. The summed E-state index contributed by atoms with van der Waals surface area (Å²) < 4.78 is 26.6. The Bertz CT molecular complexity index is 776. The molecular weight excluding hydrogens is 312 g/mol. The van der Waals surface area contributed by atoms with Crippen LogP contribution in [-0.4, -0.2) is 38.3 Å². The van der Waals surface area contributed by atoms with Gasteiger partial charge in [-0.15, -0.1) is 0 Å². The summed E-state index contributed by atoms with van der Waals surface area (Å²) in [7, 11) is -3.64.